The molecular weight excluding hydrogens is 273 g/mol. The van der Waals surface area contributed by atoms with E-state index in [1.165, 1.54) is 6.26 Å². The number of hydrogen-bond donors (Lipinski definition) is 2. The van der Waals surface area contributed by atoms with Gasteiger partial charge in [-0.25, -0.2) is 4.98 Å². The molecule has 0 bridgehead atoms. The highest BCUT2D eigenvalue weighted by Gasteiger charge is 2.33. The third kappa shape index (κ3) is 3.62. The number of nitrogens with zero attached hydrogens (tertiary/aromatic N) is 2. The topological polar surface area (TPSA) is 77.0 Å². The second-order valence-electron chi connectivity index (χ2n) is 4.32. The van der Waals surface area contributed by atoms with Crippen LogP contribution in [0.15, 0.2) is 28.9 Å². The minimum Gasteiger partial charge on any atom is -0.469 e. The molecule has 1 atom stereocenters. The standard InChI is InChI=1S/C12H13F3N4O/c1-7(5-8-3-2-4-20-8)17-10-6-9(12(13,14)15)18-11(16)19-10/h2-4,6-7H,5H2,1H3,(H3,16,17,18,19). The van der Waals surface area contributed by atoms with Crippen LogP contribution in [0.5, 0.6) is 0 Å². The monoisotopic (exact) mass is 286 g/mol. The number of furan rings is 1. The lowest BCUT2D eigenvalue weighted by atomic mass is 10.2. The van der Waals surface area contributed by atoms with Gasteiger partial charge in [-0.05, 0) is 19.1 Å². The molecule has 2 aromatic rings. The predicted molar refractivity (Wildman–Crippen MR) is 66.9 cm³/mol. The van der Waals surface area contributed by atoms with Crippen molar-refractivity contribution in [3.8, 4) is 0 Å². The van der Waals surface area contributed by atoms with Gasteiger partial charge in [-0.3, -0.25) is 0 Å². The molecule has 20 heavy (non-hydrogen) atoms. The molecule has 2 rings (SSSR count). The van der Waals surface area contributed by atoms with Crippen LogP contribution in [0.4, 0.5) is 24.9 Å². The second kappa shape index (κ2) is 5.40. The summed E-state index contributed by atoms with van der Waals surface area (Å²) < 4.78 is 43.0. The molecule has 0 aliphatic heterocycles. The minimum atomic E-state index is -4.56. The zero-order chi connectivity index (χ0) is 14.8. The van der Waals surface area contributed by atoms with Gasteiger partial charge in [0.15, 0.2) is 5.69 Å². The van der Waals surface area contributed by atoms with Crippen LogP contribution in [0.25, 0.3) is 0 Å². The molecule has 2 aromatic heterocycles. The SMILES string of the molecule is CC(Cc1ccco1)Nc1cc(C(F)(F)F)nc(N)n1. The number of nitrogens with one attached hydrogen (secondary N) is 1. The lowest BCUT2D eigenvalue weighted by Crippen LogP contribution is -2.20. The Morgan fingerprint density at radius 2 is 2.15 bits per heavy atom. The third-order valence-corrected chi connectivity index (χ3v) is 2.52. The Morgan fingerprint density at radius 1 is 1.40 bits per heavy atom. The van der Waals surface area contributed by atoms with E-state index < -0.39 is 17.8 Å². The average Bonchev–Trinajstić information content (AvgIpc) is 2.79. The van der Waals surface area contributed by atoms with Crippen molar-refractivity contribution in [1.29, 1.82) is 0 Å². The Balaban J connectivity index is 2.11. The fraction of sp³-hybridized carbons (Fsp3) is 0.333. The van der Waals surface area contributed by atoms with E-state index in [1.807, 2.05) is 0 Å². The first-order valence-corrected chi connectivity index (χ1v) is 5.85. The van der Waals surface area contributed by atoms with Gasteiger partial charge in [0.2, 0.25) is 5.95 Å². The number of aromatic nitrogens is 2. The Bertz CT molecular complexity index is 569. The molecule has 3 N–H and O–H groups in total. The van der Waals surface area contributed by atoms with Crippen LogP contribution >= 0.6 is 0 Å². The van der Waals surface area contributed by atoms with Gasteiger partial charge >= 0.3 is 6.18 Å². The number of anilines is 2. The highest BCUT2D eigenvalue weighted by molar-refractivity contribution is 5.42. The zero-order valence-electron chi connectivity index (χ0n) is 10.6. The molecule has 0 saturated heterocycles. The highest BCUT2D eigenvalue weighted by atomic mass is 19.4. The van der Waals surface area contributed by atoms with Gasteiger partial charge < -0.3 is 15.5 Å². The fourth-order valence-corrected chi connectivity index (χ4v) is 1.72. The van der Waals surface area contributed by atoms with Gasteiger partial charge in [-0.1, -0.05) is 0 Å². The Labute approximate surface area is 113 Å². The van der Waals surface area contributed by atoms with Gasteiger partial charge in [-0.15, -0.1) is 0 Å². The smallest absolute Gasteiger partial charge is 0.433 e. The van der Waals surface area contributed by atoms with Crippen LogP contribution in [-0.4, -0.2) is 16.0 Å². The summed E-state index contributed by atoms with van der Waals surface area (Å²) in [6.45, 7) is 1.80. The molecule has 0 fully saturated rings. The average molecular weight is 286 g/mol. The van der Waals surface area contributed by atoms with E-state index >= 15 is 0 Å². The van der Waals surface area contributed by atoms with Crippen LogP contribution in [0.2, 0.25) is 0 Å². The van der Waals surface area contributed by atoms with E-state index in [0.717, 1.165) is 11.8 Å². The van der Waals surface area contributed by atoms with Gasteiger partial charge in [-0.2, -0.15) is 18.2 Å². The van der Waals surface area contributed by atoms with Crippen LogP contribution in [0.1, 0.15) is 18.4 Å². The maximum atomic E-state index is 12.6. The number of nitrogen functional groups attached to an aromatic ring is 1. The van der Waals surface area contributed by atoms with E-state index in [0.29, 0.717) is 6.42 Å². The summed E-state index contributed by atoms with van der Waals surface area (Å²) >= 11 is 0. The van der Waals surface area contributed by atoms with Crippen molar-refractivity contribution >= 4 is 11.8 Å². The summed E-state index contributed by atoms with van der Waals surface area (Å²) in [4.78, 5) is 6.91. The lowest BCUT2D eigenvalue weighted by molar-refractivity contribution is -0.141. The number of alkyl halides is 3. The van der Waals surface area contributed by atoms with E-state index in [9.17, 15) is 13.2 Å². The molecule has 0 radical (unpaired) electrons. The molecule has 0 aliphatic rings. The molecule has 8 heteroatoms. The van der Waals surface area contributed by atoms with Gasteiger partial charge in [0.1, 0.15) is 11.6 Å². The van der Waals surface area contributed by atoms with Crippen LogP contribution in [0.3, 0.4) is 0 Å². The number of nitrogens with two attached hydrogens (primary N) is 1. The van der Waals surface area contributed by atoms with Crippen molar-refractivity contribution in [1.82, 2.24) is 9.97 Å². The summed E-state index contributed by atoms with van der Waals surface area (Å²) in [5, 5.41) is 2.84. The van der Waals surface area contributed by atoms with E-state index in [4.69, 9.17) is 10.2 Å². The fourth-order valence-electron chi connectivity index (χ4n) is 1.72. The maximum Gasteiger partial charge on any atom is 0.433 e. The summed E-state index contributed by atoms with van der Waals surface area (Å²) in [6.07, 6.45) is -2.51. The highest BCUT2D eigenvalue weighted by Crippen LogP contribution is 2.29. The van der Waals surface area contributed by atoms with Crippen molar-refractivity contribution in [2.75, 3.05) is 11.1 Å². The molecule has 5 nitrogen and oxygen atoms in total. The predicted octanol–water partition coefficient (Wildman–Crippen LogP) is 2.71. The maximum absolute atomic E-state index is 12.6. The van der Waals surface area contributed by atoms with Crippen molar-refractivity contribution < 1.29 is 17.6 Å². The first-order chi connectivity index (χ1) is 9.34. The van der Waals surface area contributed by atoms with Gasteiger partial charge in [0.25, 0.3) is 0 Å². The molecule has 0 aliphatic carbocycles. The van der Waals surface area contributed by atoms with Crippen molar-refractivity contribution in [3.63, 3.8) is 0 Å². The van der Waals surface area contributed by atoms with Crippen molar-refractivity contribution in [2.45, 2.75) is 25.6 Å². The second-order valence-corrected chi connectivity index (χ2v) is 4.32. The van der Waals surface area contributed by atoms with E-state index in [1.54, 1.807) is 19.1 Å². The molecule has 0 amide bonds. The van der Waals surface area contributed by atoms with Crippen LogP contribution in [0, 0.1) is 0 Å². The molecule has 108 valence electrons. The number of hydrogen-bond acceptors (Lipinski definition) is 5. The summed E-state index contributed by atoms with van der Waals surface area (Å²) in [5.74, 6) is 0.333. The molecule has 0 aromatic carbocycles. The first kappa shape index (κ1) is 14.2. The molecule has 0 saturated carbocycles. The number of halogens is 3. The van der Waals surface area contributed by atoms with Crippen molar-refractivity contribution in [2.24, 2.45) is 0 Å². The summed E-state index contributed by atoms with van der Waals surface area (Å²) in [5.41, 5.74) is 4.22. The molecule has 1 unspecified atom stereocenters. The van der Waals surface area contributed by atoms with Gasteiger partial charge in [0.05, 0.1) is 6.26 Å². The third-order valence-electron chi connectivity index (χ3n) is 2.52. The Morgan fingerprint density at radius 3 is 2.75 bits per heavy atom. The van der Waals surface area contributed by atoms with E-state index in [-0.39, 0.29) is 11.9 Å². The molecule has 0 spiro atoms. The van der Waals surface area contributed by atoms with Crippen molar-refractivity contribution in [3.05, 3.63) is 35.9 Å². The van der Waals surface area contributed by atoms with Crippen LogP contribution < -0.4 is 11.1 Å². The molecular formula is C12H13F3N4O. The normalized spacial score (nSPS) is 13.2. The Kier molecular flexibility index (Phi) is 3.82. The summed E-state index contributed by atoms with van der Waals surface area (Å²) in [7, 11) is 0. The largest absolute Gasteiger partial charge is 0.469 e. The van der Waals surface area contributed by atoms with Crippen LogP contribution in [-0.2, 0) is 12.6 Å². The molecule has 2 heterocycles. The quantitative estimate of drug-likeness (QED) is 0.903. The minimum absolute atomic E-state index is 0.0314. The Hall–Kier alpha value is -2.25. The van der Waals surface area contributed by atoms with E-state index in [2.05, 4.69) is 15.3 Å². The first-order valence-electron chi connectivity index (χ1n) is 5.85. The zero-order valence-corrected chi connectivity index (χ0v) is 10.6. The summed E-state index contributed by atoms with van der Waals surface area (Å²) in [6, 6.07) is 4.19. The lowest BCUT2D eigenvalue weighted by Gasteiger charge is -2.15. The number of rotatable bonds is 4. The van der Waals surface area contributed by atoms with Gasteiger partial charge in [0, 0.05) is 18.5 Å².